The van der Waals surface area contributed by atoms with E-state index in [4.69, 9.17) is 4.42 Å². The van der Waals surface area contributed by atoms with Gasteiger partial charge < -0.3 is 4.42 Å². The largest absolute Gasteiger partial charge is 0.468 e. The maximum absolute atomic E-state index is 12.8. The van der Waals surface area contributed by atoms with Gasteiger partial charge in [-0.1, -0.05) is 36.4 Å². The lowest BCUT2D eigenvalue weighted by Gasteiger charge is -2.17. The second kappa shape index (κ2) is 5.35. The van der Waals surface area contributed by atoms with Gasteiger partial charge in [0.1, 0.15) is 5.76 Å². The molecule has 0 N–H and O–H groups in total. The van der Waals surface area contributed by atoms with Crippen molar-refractivity contribution in [1.29, 1.82) is 0 Å². The van der Waals surface area contributed by atoms with E-state index in [0.717, 1.165) is 10.8 Å². The first-order chi connectivity index (χ1) is 10.1. The van der Waals surface area contributed by atoms with E-state index in [1.165, 1.54) is 10.6 Å². The monoisotopic (exact) mass is 301 g/mol. The van der Waals surface area contributed by atoms with E-state index in [0.29, 0.717) is 10.7 Å². The van der Waals surface area contributed by atoms with Crippen LogP contribution in [0.1, 0.15) is 5.76 Å². The molecule has 3 aromatic rings. The second-order valence-electron chi connectivity index (χ2n) is 4.82. The third-order valence-corrected chi connectivity index (χ3v) is 5.26. The summed E-state index contributed by atoms with van der Waals surface area (Å²) in [6.07, 6.45) is 1.54. The second-order valence-corrected chi connectivity index (χ2v) is 6.83. The van der Waals surface area contributed by atoms with Crippen LogP contribution in [0.4, 0.5) is 0 Å². The van der Waals surface area contributed by atoms with Crippen LogP contribution < -0.4 is 0 Å². The minimum Gasteiger partial charge on any atom is -0.468 e. The predicted molar refractivity (Wildman–Crippen MR) is 81.3 cm³/mol. The van der Waals surface area contributed by atoms with Crippen LogP contribution in [0, 0.1) is 0 Å². The van der Waals surface area contributed by atoms with Gasteiger partial charge in [0.2, 0.25) is 10.0 Å². The van der Waals surface area contributed by atoms with Crippen LogP contribution in [-0.2, 0) is 16.6 Å². The van der Waals surface area contributed by atoms with Gasteiger partial charge in [-0.05, 0) is 23.6 Å². The van der Waals surface area contributed by atoms with Crippen molar-refractivity contribution in [3.05, 3.63) is 66.6 Å². The Morgan fingerprint density at radius 3 is 2.52 bits per heavy atom. The molecule has 5 heteroatoms. The average Bonchev–Trinajstić information content (AvgIpc) is 2.99. The van der Waals surface area contributed by atoms with Gasteiger partial charge in [0, 0.05) is 12.4 Å². The molecule has 0 saturated heterocycles. The average molecular weight is 301 g/mol. The van der Waals surface area contributed by atoms with E-state index in [1.54, 1.807) is 31.3 Å². The molecule has 0 fully saturated rings. The van der Waals surface area contributed by atoms with Crippen LogP contribution in [0.5, 0.6) is 0 Å². The van der Waals surface area contributed by atoms with Crippen LogP contribution >= 0.6 is 0 Å². The summed E-state index contributed by atoms with van der Waals surface area (Å²) in [4.78, 5) is 0.314. The summed E-state index contributed by atoms with van der Waals surface area (Å²) in [5.41, 5.74) is 0. The van der Waals surface area contributed by atoms with E-state index in [-0.39, 0.29) is 6.54 Å². The summed E-state index contributed by atoms with van der Waals surface area (Å²) >= 11 is 0. The zero-order valence-electron chi connectivity index (χ0n) is 11.6. The molecule has 0 saturated carbocycles. The summed E-state index contributed by atoms with van der Waals surface area (Å²) in [5, 5.41) is 1.64. The molecule has 0 aliphatic carbocycles. The number of sulfonamides is 1. The van der Waals surface area contributed by atoms with E-state index >= 15 is 0 Å². The SMILES string of the molecule is CN(Cc1ccco1)S(=O)(=O)c1cccc2ccccc12. The van der Waals surface area contributed by atoms with Gasteiger partial charge in [-0.15, -0.1) is 0 Å². The Hall–Kier alpha value is -2.11. The number of nitrogens with zero attached hydrogens (tertiary/aromatic N) is 1. The Morgan fingerprint density at radius 2 is 1.76 bits per heavy atom. The van der Waals surface area contributed by atoms with E-state index in [1.807, 2.05) is 30.3 Å². The van der Waals surface area contributed by atoms with Crippen LogP contribution in [0.25, 0.3) is 10.8 Å². The number of fused-ring (bicyclic) bond motifs is 1. The Bertz CT molecular complexity index is 849. The predicted octanol–water partition coefficient (Wildman–Crippen LogP) is 3.25. The minimum atomic E-state index is -3.57. The molecule has 3 rings (SSSR count). The lowest BCUT2D eigenvalue weighted by atomic mass is 10.1. The molecule has 1 heterocycles. The summed E-state index contributed by atoms with van der Waals surface area (Å²) < 4.78 is 32.0. The van der Waals surface area contributed by atoms with E-state index in [2.05, 4.69) is 0 Å². The normalized spacial score (nSPS) is 12.1. The molecule has 0 unspecified atom stereocenters. The first-order valence-corrected chi connectivity index (χ1v) is 7.99. The highest BCUT2D eigenvalue weighted by Gasteiger charge is 2.23. The first kappa shape index (κ1) is 13.9. The fourth-order valence-electron chi connectivity index (χ4n) is 2.30. The molecular weight excluding hydrogens is 286 g/mol. The van der Waals surface area contributed by atoms with Crippen LogP contribution in [-0.4, -0.2) is 19.8 Å². The maximum Gasteiger partial charge on any atom is 0.243 e. The van der Waals surface area contributed by atoms with Crippen molar-refractivity contribution in [2.75, 3.05) is 7.05 Å². The van der Waals surface area contributed by atoms with Gasteiger partial charge in [-0.2, -0.15) is 4.31 Å². The third kappa shape index (κ3) is 2.57. The fraction of sp³-hybridized carbons (Fsp3) is 0.125. The molecule has 0 amide bonds. The molecule has 0 spiro atoms. The van der Waals surface area contributed by atoms with Crippen molar-refractivity contribution >= 4 is 20.8 Å². The molecule has 4 nitrogen and oxygen atoms in total. The highest BCUT2D eigenvalue weighted by molar-refractivity contribution is 7.89. The Labute approximate surface area is 123 Å². The van der Waals surface area contributed by atoms with Crippen molar-refractivity contribution in [1.82, 2.24) is 4.31 Å². The zero-order valence-corrected chi connectivity index (χ0v) is 12.4. The van der Waals surface area contributed by atoms with Crippen molar-refractivity contribution in [2.24, 2.45) is 0 Å². The topological polar surface area (TPSA) is 50.5 Å². The Kier molecular flexibility index (Phi) is 3.53. The Balaban J connectivity index is 2.04. The summed E-state index contributed by atoms with van der Waals surface area (Å²) in [5.74, 6) is 0.612. The zero-order chi connectivity index (χ0) is 14.9. The maximum atomic E-state index is 12.8. The summed E-state index contributed by atoms with van der Waals surface area (Å²) in [6, 6.07) is 16.3. The molecule has 2 aromatic carbocycles. The highest BCUT2D eigenvalue weighted by Crippen LogP contribution is 2.25. The van der Waals surface area contributed by atoms with Gasteiger partial charge in [-0.25, -0.2) is 8.42 Å². The number of furan rings is 1. The number of hydrogen-bond donors (Lipinski definition) is 0. The molecule has 1 aromatic heterocycles. The van der Waals surface area contributed by atoms with Gasteiger partial charge in [0.25, 0.3) is 0 Å². The smallest absolute Gasteiger partial charge is 0.243 e. The molecule has 21 heavy (non-hydrogen) atoms. The molecule has 0 aliphatic rings. The molecular formula is C16H15NO3S. The van der Waals surface area contributed by atoms with E-state index < -0.39 is 10.0 Å². The lowest BCUT2D eigenvalue weighted by Crippen LogP contribution is -2.26. The van der Waals surface area contributed by atoms with Gasteiger partial charge in [-0.3, -0.25) is 0 Å². The third-order valence-electron chi connectivity index (χ3n) is 3.40. The molecule has 0 radical (unpaired) electrons. The summed E-state index contributed by atoms with van der Waals surface area (Å²) in [6.45, 7) is 0.207. The number of rotatable bonds is 4. The van der Waals surface area contributed by atoms with Crippen molar-refractivity contribution < 1.29 is 12.8 Å². The van der Waals surface area contributed by atoms with Crippen molar-refractivity contribution in [3.8, 4) is 0 Å². The van der Waals surface area contributed by atoms with Crippen LogP contribution in [0.2, 0.25) is 0 Å². The van der Waals surface area contributed by atoms with Gasteiger partial charge >= 0.3 is 0 Å². The molecule has 0 atom stereocenters. The fourth-order valence-corrected chi connectivity index (χ4v) is 3.64. The van der Waals surface area contributed by atoms with Crippen LogP contribution in [0.3, 0.4) is 0 Å². The molecule has 0 aliphatic heterocycles. The van der Waals surface area contributed by atoms with Gasteiger partial charge in [0.05, 0.1) is 17.7 Å². The minimum absolute atomic E-state index is 0.207. The van der Waals surface area contributed by atoms with Gasteiger partial charge in [0.15, 0.2) is 0 Å². The Morgan fingerprint density at radius 1 is 1.00 bits per heavy atom. The number of hydrogen-bond acceptors (Lipinski definition) is 3. The van der Waals surface area contributed by atoms with Crippen molar-refractivity contribution in [3.63, 3.8) is 0 Å². The molecule has 0 bridgehead atoms. The van der Waals surface area contributed by atoms with Crippen molar-refractivity contribution in [2.45, 2.75) is 11.4 Å². The van der Waals surface area contributed by atoms with Crippen LogP contribution in [0.15, 0.2) is 70.2 Å². The number of benzene rings is 2. The quantitative estimate of drug-likeness (QED) is 0.743. The standard InChI is InChI=1S/C16H15NO3S/c1-17(12-14-8-5-11-20-14)21(18,19)16-10-4-7-13-6-2-3-9-15(13)16/h2-11H,12H2,1H3. The lowest BCUT2D eigenvalue weighted by molar-refractivity contribution is 0.406. The highest BCUT2D eigenvalue weighted by atomic mass is 32.2. The first-order valence-electron chi connectivity index (χ1n) is 6.55. The molecule has 108 valence electrons. The summed E-state index contributed by atoms with van der Waals surface area (Å²) in [7, 11) is -2.01. The van der Waals surface area contributed by atoms with E-state index in [9.17, 15) is 8.42 Å².